The van der Waals surface area contributed by atoms with Gasteiger partial charge in [0.05, 0.1) is 0 Å². The fourth-order valence-electron chi connectivity index (χ4n) is 2.55. The van der Waals surface area contributed by atoms with Crippen molar-refractivity contribution < 1.29 is 4.79 Å². The van der Waals surface area contributed by atoms with Crippen LogP contribution in [-0.4, -0.2) is 58.5 Å². The third-order valence-corrected chi connectivity index (χ3v) is 4.74. The number of carbonyl (C=O) groups is 1. The van der Waals surface area contributed by atoms with E-state index in [9.17, 15) is 4.79 Å². The molecule has 2 aromatic rings. The van der Waals surface area contributed by atoms with Crippen molar-refractivity contribution in [2.24, 2.45) is 0 Å². The van der Waals surface area contributed by atoms with Crippen LogP contribution in [0, 0.1) is 0 Å². The number of carbonyl (C=O) groups excluding carboxylic acids is 1. The molecule has 1 fully saturated rings. The van der Waals surface area contributed by atoms with Crippen LogP contribution < -0.4 is 4.90 Å². The predicted molar refractivity (Wildman–Crippen MR) is 93.9 cm³/mol. The molecule has 0 N–H and O–H groups in total. The second-order valence-electron chi connectivity index (χ2n) is 5.38. The summed E-state index contributed by atoms with van der Waals surface area (Å²) >= 11 is 1.40. The van der Waals surface area contributed by atoms with Gasteiger partial charge in [-0.25, -0.2) is 9.97 Å². The Bertz CT molecular complexity index is 615. The van der Waals surface area contributed by atoms with E-state index in [1.54, 1.807) is 12.4 Å². The topological polar surface area (TPSA) is 49.3 Å². The summed E-state index contributed by atoms with van der Waals surface area (Å²) in [5.41, 5.74) is 0.781. The van der Waals surface area contributed by atoms with Gasteiger partial charge in [0.15, 0.2) is 0 Å². The lowest BCUT2D eigenvalue weighted by Gasteiger charge is -2.34. The molecular formula is C17H20N4OS. The average Bonchev–Trinajstić information content (AvgIpc) is 2.64. The molecule has 6 heteroatoms. The van der Waals surface area contributed by atoms with Crippen LogP contribution in [0.1, 0.15) is 10.4 Å². The van der Waals surface area contributed by atoms with Gasteiger partial charge in [0, 0.05) is 56.4 Å². The highest BCUT2D eigenvalue weighted by Crippen LogP contribution is 2.14. The van der Waals surface area contributed by atoms with E-state index < -0.39 is 0 Å². The maximum absolute atomic E-state index is 12.0. The zero-order valence-corrected chi connectivity index (χ0v) is 13.8. The highest BCUT2D eigenvalue weighted by atomic mass is 32.2. The van der Waals surface area contributed by atoms with Gasteiger partial charge in [0.1, 0.15) is 0 Å². The predicted octanol–water partition coefficient (Wildman–Crippen LogP) is 2.17. The molecule has 1 aromatic heterocycles. The number of anilines is 1. The Labute approximate surface area is 140 Å². The largest absolute Gasteiger partial charge is 0.338 e. The van der Waals surface area contributed by atoms with E-state index in [1.165, 1.54) is 11.8 Å². The summed E-state index contributed by atoms with van der Waals surface area (Å²) in [5.74, 6) is 1.64. The Morgan fingerprint density at radius 2 is 1.70 bits per heavy atom. The molecule has 1 saturated heterocycles. The normalized spacial score (nSPS) is 15.6. The standard InChI is InChI=1S/C17H20N4OS/c22-16(15-5-2-1-3-6-15)23-14-13-20-9-11-21(12-10-20)17-18-7-4-8-19-17/h1-8H,9-14H2. The van der Waals surface area contributed by atoms with E-state index in [-0.39, 0.29) is 5.12 Å². The summed E-state index contributed by atoms with van der Waals surface area (Å²) in [6.45, 7) is 4.77. The molecule has 0 unspecified atom stereocenters. The van der Waals surface area contributed by atoms with E-state index in [1.807, 2.05) is 36.4 Å². The maximum atomic E-state index is 12.0. The summed E-state index contributed by atoms with van der Waals surface area (Å²) in [4.78, 5) is 25.2. The molecule has 2 heterocycles. The van der Waals surface area contributed by atoms with Crippen molar-refractivity contribution >= 4 is 22.8 Å². The smallest absolute Gasteiger partial charge is 0.225 e. The number of benzene rings is 1. The first-order chi connectivity index (χ1) is 11.3. The molecule has 0 radical (unpaired) electrons. The van der Waals surface area contributed by atoms with Gasteiger partial charge in [-0.1, -0.05) is 42.1 Å². The molecule has 1 aromatic carbocycles. The van der Waals surface area contributed by atoms with E-state index in [4.69, 9.17) is 0 Å². The Morgan fingerprint density at radius 1 is 1.00 bits per heavy atom. The van der Waals surface area contributed by atoms with Gasteiger partial charge >= 0.3 is 0 Å². The van der Waals surface area contributed by atoms with Gasteiger partial charge in [0.2, 0.25) is 11.1 Å². The lowest BCUT2D eigenvalue weighted by molar-refractivity contribution is 0.108. The van der Waals surface area contributed by atoms with Crippen molar-refractivity contribution in [1.29, 1.82) is 0 Å². The molecule has 0 aliphatic carbocycles. The second kappa shape index (κ2) is 8.08. The summed E-state index contributed by atoms with van der Waals surface area (Å²) in [7, 11) is 0. The second-order valence-corrected chi connectivity index (χ2v) is 6.45. The van der Waals surface area contributed by atoms with Gasteiger partial charge in [-0.2, -0.15) is 0 Å². The molecule has 0 spiro atoms. The molecule has 120 valence electrons. The zero-order chi connectivity index (χ0) is 15.9. The Morgan fingerprint density at radius 3 is 2.39 bits per heavy atom. The summed E-state index contributed by atoms with van der Waals surface area (Å²) in [5, 5.41) is 0.155. The molecule has 5 nitrogen and oxygen atoms in total. The quantitative estimate of drug-likeness (QED) is 0.838. The molecule has 0 atom stereocenters. The first kappa shape index (κ1) is 16.0. The summed E-state index contributed by atoms with van der Waals surface area (Å²) in [6.07, 6.45) is 3.56. The maximum Gasteiger partial charge on any atom is 0.225 e. The van der Waals surface area contributed by atoms with Crippen molar-refractivity contribution in [3.63, 3.8) is 0 Å². The Kier molecular flexibility index (Phi) is 5.60. The van der Waals surface area contributed by atoms with E-state index in [0.29, 0.717) is 0 Å². The molecule has 0 saturated carbocycles. The van der Waals surface area contributed by atoms with Crippen LogP contribution in [0.3, 0.4) is 0 Å². The Balaban J connectivity index is 1.39. The molecule has 3 rings (SSSR count). The fourth-order valence-corrected chi connectivity index (χ4v) is 3.39. The highest BCUT2D eigenvalue weighted by molar-refractivity contribution is 8.14. The van der Waals surface area contributed by atoms with Crippen LogP contribution in [0.4, 0.5) is 5.95 Å². The minimum Gasteiger partial charge on any atom is -0.338 e. The number of hydrogen-bond acceptors (Lipinski definition) is 6. The molecule has 23 heavy (non-hydrogen) atoms. The molecule has 0 amide bonds. The van der Waals surface area contributed by atoms with E-state index >= 15 is 0 Å². The SMILES string of the molecule is O=C(SCCN1CCN(c2ncccn2)CC1)c1ccccc1. The molecule has 1 aliphatic heterocycles. The van der Waals surface area contributed by atoms with Crippen LogP contribution in [0.5, 0.6) is 0 Å². The number of aromatic nitrogens is 2. The van der Waals surface area contributed by atoms with Crippen molar-refractivity contribution in [2.45, 2.75) is 0 Å². The Hall–Kier alpha value is -1.92. The number of hydrogen-bond donors (Lipinski definition) is 0. The van der Waals surface area contributed by atoms with Crippen LogP contribution in [0.15, 0.2) is 48.8 Å². The number of thioether (sulfide) groups is 1. The van der Waals surface area contributed by atoms with E-state index in [0.717, 1.165) is 50.0 Å². The average molecular weight is 328 g/mol. The lowest BCUT2D eigenvalue weighted by atomic mass is 10.2. The molecule has 0 bridgehead atoms. The van der Waals surface area contributed by atoms with Gasteiger partial charge < -0.3 is 4.90 Å². The zero-order valence-electron chi connectivity index (χ0n) is 13.0. The van der Waals surface area contributed by atoms with Crippen LogP contribution in [0.2, 0.25) is 0 Å². The number of nitrogens with zero attached hydrogens (tertiary/aromatic N) is 4. The minimum atomic E-state index is 0.155. The monoisotopic (exact) mass is 328 g/mol. The number of rotatable bonds is 5. The summed E-state index contributed by atoms with van der Waals surface area (Å²) < 4.78 is 0. The van der Waals surface area contributed by atoms with Crippen LogP contribution in [0.25, 0.3) is 0 Å². The van der Waals surface area contributed by atoms with Crippen molar-refractivity contribution in [3.8, 4) is 0 Å². The van der Waals surface area contributed by atoms with Gasteiger partial charge in [-0.3, -0.25) is 9.69 Å². The van der Waals surface area contributed by atoms with Gasteiger partial charge in [-0.05, 0) is 6.07 Å². The third kappa shape index (κ3) is 4.53. The van der Waals surface area contributed by atoms with Crippen molar-refractivity contribution in [2.75, 3.05) is 43.4 Å². The highest BCUT2D eigenvalue weighted by Gasteiger charge is 2.18. The minimum absolute atomic E-state index is 0.155. The van der Waals surface area contributed by atoms with Crippen molar-refractivity contribution in [3.05, 3.63) is 54.4 Å². The molecule has 1 aliphatic rings. The van der Waals surface area contributed by atoms with Gasteiger partial charge in [0.25, 0.3) is 0 Å². The van der Waals surface area contributed by atoms with Crippen LogP contribution in [-0.2, 0) is 0 Å². The van der Waals surface area contributed by atoms with Crippen LogP contribution >= 0.6 is 11.8 Å². The van der Waals surface area contributed by atoms with E-state index in [2.05, 4.69) is 19.8 Å². The first-order valence-electron chi connectivity index (χ1n) is 7.79. The lowest BCUT2D eigenvalue weighted by Crippen LogP contribution is -2.47. The van der Waals surface area contributed by atoms with Crippen molar-refractivity contribution in [1.82, 2.24) is 14.9 Å². The third-order valence-electron chi connectivity index (χ3n) is 3.86. The summed E-state index contributed by atoms with van der Waals surface area (Å²) in [6, 6.07) is 11.3. The van der Waals surface area contributed by atoms with Gasteiger partial charge in [-0.15, -0.1) is 0 Å². The first-order valence-corrected chi connectivity index (χ1v) is 8.78. The fraction of sp³-hybridized carbons (Fsp3) is 0.353. The molecular weight excluding hydrogens is 308 g/mol. The number of piperazine rings is 1.